The number of aromatic nitrogens is 5. The van der Waals surface area contributed by atoms with E-state index in [0.29, 0.717) is 41.5 Å². The fourth-order valence-corrected chi connectivity index (χ4v) is 6.28. The zero-order valence-electron chi connectivity index (χ0n) is 20.6. The van der Waals surface area contributed by atoms with Crippen LogP contribution in [0.2, 0.25) is 0 Å². The van der Waals surface area contributed by atoms with Crippen LogP contribution in [0.15, 0.2) is 63.3 Å². The molecule has 0 radical (unpaired) electrons. The van der Waals surface area contributed by atoms with Crippen LogP contribution in [-0.2, 0) is 13.1 Å². The highest BCUT2D eigenvalue weighted by Gasteiger charge is 2.34. The van der Waals surface area contributed by atoms with Crippen LogP contribution in [0, 0.1) is 0 Å². The second-order valence-corrected chi connectivity index (χ2v) is 10.8. The van der Waals surface area contributed by atoms with Gasteiger partial charge in [0, 0.05) is 28.4 Å². The molecule has 11 heteroatoms. The number of furan rings is 1. The van der Waals surface area contributed by atoms with Crippen molar-refractivity contribution in [3.05, 3.63) is 86.5 Å². The summed E-state index contributed by atoms with van der Waals surface area (Å²) in [6.07, 6.45) is 5.99. The highest BCUT2D eigenvalue weighted by molar-refractivity contribution is 7.09. The van der Waals surface area contributed by atoms with E-state index in [-0.39, 0.29) is 18.4 Å². The van der Waals surface area contributed by atoms with Gasteiger partial charge in [-0.1, -0.05) is 18.9 Å². The van der Waals surface area contributed by atoms with Crippen molar-refractivity contribution in [3.63, 3.8) is 0 Å². The molecule has 4 aromatic heterocycles. The first-order valence-corrected chi connectivity index (χ1v) is 13.6. The van der Waals surface area contributed by atoms with Crippen LogP contribution >= 0.6 is 11.3 Å². The maximum atomic E-state index is 13.8. The predicted octanol–water partition coefficient (Wildman–Crippen LogP) is 4.80. The molecule has 0 unspecified atom stereocenters. The van der Waals surface area contributed by atoms with Gasteiger partial charge in [-0.2, -0.15) is 0 Å². The molecule has 5 heterocycles. The Morgan fingerprint density at radius 3 is 2.76 bits per heavy atom. The number of nitrogens with zero attached hydrogens (tertiary/aromatic N) is 5. The van der Waals surface area contributed by atoms with Crippen molar-refractivity contribution in [1.29, 1.82) is 0 Å². The highest BCUT2D eigenvalue weighted by Crippen LogP contribution is 2.38. The SMILES string of the molecule is O=c1[nH]c2cc3c(cc2cc1[C@H](c1nnnn1C1CCCC1)N(Cc1ccco1)Cc1cccs1)OCO3. The molecule has 1 N–H and O–H groups in total. The Hall–Kier alpha value is -3.96. The van der Waals surface area contributed by atoms with E-state index < -0.39 is 6.04 Å². The van der Waals surface area contributed by atoms with Crippen LogP contribution in [0.1, 0.15) is 59.8 Å². The zero-order chi connectivity index (χ0) is 25.5. The number of ether oxygens (including phenoxy) is 2. The molecule has 0 amide bonds. The summed E-state index contributed by atoms with van der Waals surface area (Å²) in [4.78, 5) is 20.2. The Morgan fingerprint density at radius 2 is 1.97 bits per heavy atom. The number of pyridine rings is 1. The van der Waals surface area contributed by atoms with Gasteiger partial charge in [-0.3, -0.25) is 9.69 Å². The number of aromatic amines is 1. The van der Waals surface area contributed by atoms with E-state index in [0.717, 1.165) is 36.8 Å². The molecule has 1 atom stereocenters. The number of rotatable bonds is 8. The molecule has 0 saturated heterocycles. The van der Waals surface area contributed by atoms with Crippen LogP contribution in [0.25, 0.3) is 10.9 Å². The summed E-state index contributed by atoms with van der Waals surface area (Å²) in [6, 6.07) is 13.3. The third kappa shape index (κ3) is 4.27. The van der Waals surface area contributed by atoms with E-state index in [9.17, 15) is 4.79 Å². The molecule has 194 valence electrons. The van der Waals surface area contributed by atoms with E-state index in [1.54, 1.807) is 17.6 Å². The number of H-pyrrole nitrogens is 1. The topological polar surface area (TPSA) is 111 Å². The smallest absolute Gasteiger partial charge is 0.253 e. The number of hydrogen-bond donors (Lipinski definition) is 1. The second-order valence-electron chi connectivity index (χ2n) is 9.73. The Bertz CT molecular complexity index is 1570. The van der Waals surface area contributed by atoms with Crippen LogP contribution in [0.5, 0.6) is 11.5 Å². The Labute approximate surface area is 221 Å². The molecule has 0 bridgehead atoms. The van der Waals surface area contributed by atoms with Crippen molar-refractivity contribution in [1.82, 2.24) is 30.1 Å². The Balaban J connectivity index is 1.40. The molecule has 1 aromatic carbocycles. The van der Waals surface area contributed by atoms with Crippen molar-refractivity contribution in [2.45, 2.75) is 50.9 Å². The van der Waals surface area contributed by atoms with E-state index in [4.69, 9.17) is 13.9 Å². The quantitative estimate of drug-likeness (QED) is 0.304. The van der Waals surface area contributed by atoms with Gasteiger partial charge in [0.15, 0.2) is 17.3 Å². The van der Waals surface area contributed by atoms with Gasteiger partial charge in [0.05, 0.1) is 24.4 Å². The third-order valence-corrected chi connectivity index (χ3v) is 8.20. The maximum Gasteiger partial charge on any atom is 0.253 e. The van der Waals surface area contributed by atoms with Crippen LogP contribution in [-0.4, -0.2) is 36.9 Å². The summed E-state index contributed by atoms with van der Waals surface area (Å²) < 4.78 is 18.8. The van der Waals surface area contributed by atoms with Gasteiger partial charge in [0.2, 0.25) is 6.79 Å². The Kier molecular flexibility index (Phi) is 5.94. The van der Waals surface area contributed by atoms with Gasteiger partial charge in [0.1, 0.15) is 11.8 Å². The molecule has 7 rings (SSSR count). The largest absolute Gasteiger partial charge is 0.468 e. The lowest BCUT2D eigenvalue weighted by Gasteiger charge is -2.30. The number of tetrazole rings is 1. The lowest BCUT2D eigenvalue weighted by atomic mass is 10.0. The first kappa shape index (κ1) is 23.2. The fourth-order valence-electron chi connectivity index (χ4n) is 5.55. The molecule has 1 aliphatic carbocycles. The van der Waals surface area contributed by atoms with E-state index in [1.807, 2.05) is 41.1 Å². The van der Waals surface area contributed by atoms with E-state index in [1.165, 1.54) is 4.88 Å². The predicted molar refractivity (Wildman–Crippen MR) is 140 cm³/mol. The molecule has 10 nitrogen and oxygen atoms in total. The number of benzene rings is 1. The van der Waals surface area contributed by atoms with Crippen molar-refractivity contribution in [2.24, 2.45) is 0 Å². The summed E-state index contributed by atoms with van der Waals surface area (Å²) in [5.74, 6) is 2.74. The van der Waals surface area contributed by atoms with Crippen LogP contribution < -0.4 is 15.0 Å². The molecular formula is C27H26N6O4S. The van der Waals surface area contributed by atoms with Crippen molar-refractivity contribution in [3.8, 4) is 11.5 Å². The van der Waals surface area contributed by atoms with Crippen LogP contribution in [0.3, 0.4) is 0 Å². The Morgan fingerprint density at radius 1 is 1.11 bits per heavy atom. The van der Waals surface area contributed by atoms with Gasteiger partial charge in [-0.15, -0.1) is 16.4 Å². The third-order valence-electron chi connectivity index (χ3n) is 7.34. The molecule has 1 fully saturated rings. The fraction of sp³-hybridized carbons (Fsp3) is 0.333. The number of hydrogen-bond acceptors (Lipinski definition) is 9. The van der Waals surface area contributed by atoms with Crippen molar-refractivity contribution in [2.75, 3.05) is 6.79 Å². The van der Waals surface area contributed by atoms with Crippen molar-refractivity contribution >= 4 is 22.2 Å². The molecule has 1 saturated carbocycles. The molecule has 38 heavy (non-hydrogen) atoms. The average Bonchev–Trinajstić information content (AvgIpc) is 3.73. The van der Waals surface area contributed by atoms with E-state index >= 15 is 0 Å². The maximum absolute atomic E-state index is 13.8. The van der Waals surface area contributed by atoms with Gasteiger partial charge < -0.3 is 18.9 Å². The summed E-state index contributed by atoms with van der Waals surface area (Å²) >= 11 is 1.68. The lowest BCUT2D eigenvalue weighted by Crippen LogP contribution is -2.35. The van der Waals surface area contributed by atoms with Crippen LogP contribution in [0.4, 0.5) is 0 Å². The number of fused-ring (bicyclic) bond motifs is 2. The standard InChI is InChI=1S/C27H26N6O4S/c34-27-21(11-17-12-23-24(37-16-36-23)13-22(17)28-27)25(26-29-30-31-33(26)18-5-1-2-6-18)32(14-19-7-3-9-35-19)15-20-8-4-10-38-20/h3-4,7-13,18,25H,1-2,5-6,14-16H2,(H,28,34)/t25-/m1/s1. The molecule has 2 aliphatic rings. The first-order valence-electron chi connectivity index (χ1n) is 12.8. The normalized spacial score (nSPS) is 16.1. The average molecular weight is 531 g/mol. The van der Waals surface area contributed by atoms with Gasteiger partial charge >= 0.3 is 0 Å². The van der Waals surface area contributed by atoms with Gasteiger partial charge in [0.25, 0.3) is 5.56 Å². The molecule has 1 aliphatic heterocycles. The minimum atomic E-state index is -0.517. The van der Waals surface area contributed by atoms with Gasteiger partial charge in [-0.25, -0.2) is 4.68 Å². The van der Waals surface area contributed by atoms with E-state index in [2.05, 4.69) is 36.9 Å². The minimum absolute atomic E-state index is 0.166. The summed E-state index contributed by atoms with van der Waals surface area (Å²) in [6.45, 7) is 1.24. The monoisotopic (exact) mass is 530 g/mol. The molecule has 0 spiro atoms. The molecular weight excluding hydrogens is 504 g/mol. The first-order chi connectivity index (χ1) is 18.7. The second kappa shape index (κ2) is 9.73. The highest BCUT2D eigenvalue weighted by atomic mass is 32.1. The molecule has 5 aromatic rings. The summed E-state index contributed by atoms with van der Waals surface area (Å²) in [7, 11) is 0. The van der Waals surface area contributed by atoms with Crippen molar-refractivity contribution < 1.29 is 13.9 Å². The van der Waals surface area contributed by atoms with Gasteiger partial charge in [-0.05, 0) is 59.0 Å². The minimum Gasteiger partial charge on any atom is -0.468 e. The number of nitrogens with one attached hydrogen (secondary N) is 1. The zero-order valence-corrected chi connectivity index (χ0v) is 21.4. The summed E-state index contributed by atoms with van der Waals surface area (Å²) in [5, 5.41) is 16.0. The number of thiophene rings is 1. The summed E-state index contributed by atoms with van der Waals surface area (Å²) in [5.41, 5.74) is 1.06. The lowest BCUT2D eigenvalue weighted by molar-refractivity contribution is 0.174.